The molecule has 1 saturated heterocycles. The molecule has 0 spiro atoms. The van der Waals surface area contributed by atoms with E-state index in [1.54, 1.807) is 0 Å². The molecule has 1 fully saturated rings. The lowest BCUT2D eigenvalue weighted by atomic mass is 10.2. The van der Waals surface area contributed by atoms with E-state index in [0.717, 1.165) is 0 Å². The Morgan fingerprint density at radius 1 is 0.971 bits per heavy atom. The summed E-state index contributed by atoms with van der Waals surface area (Å²) in [6.45, 7) is 12.5. The summed E-state index contributed by atoms with van der Waals surface area (Å²) < 4.78 is 18.4. The molecule has 1 amide bonds. The van der Waals surface area contributed by atoms with Gasteiger partial charge in [0.05, 0.1) is 27.5 Å². The highest BCUT2D eigenvalue weighted by Gasteiger charge is 2.38. The third kappa shape index (κ3) is 6.14. The first-order valence-electron chi connectivity index (χ1n) is 11.8. The van der Waals surface area contributed by atoms with Gasteiger partial charge in [0, 0.05) is 6.61 Å². The van der Waals surface area contributed by atoms with Crippen LogP contribution in [0.1, 0.15) is 41.5 Å². The molecule has 0 radical (unpaired) electrons. The number of Topliss-reactive ketones (excluding diaryl/α,β-unsaturated/α-hetero) is 1. The molecule has 1 aliphatic heterocycles. The van der Waals surface area contributed by atoms with Gasteiger partial charge in [-0.2, -0.15) is 10.4 Å². The van der Waals surface area contributed by atoms with Crippen LogP contribution in [0.25, 0.3) is 0 Å². The Morgan fingerprint density at radius 3 is 1.97 bits per heavy atom. The van der Waals surface area contributed by atoms with Gasteiger partial charge in [-0.25, -0.2) is 4.79 Å². The summed E-state index contributed by atoms with van der Waals surface area (Å²) in [5.41, 5.74) is -0.645. The number of hydrogen-bond acceptors (Lipinski definition) is 5. The Morgan fingerprint density at radius 2 is 1.50 bits per heavy atom. The first-order valence-corrected chi connectivity index (χ1v) is 13.7. The summed E-state index contributed by atoms with van der Waals surface area (Å²) in [5, 5.41) is 2.16. The van der Waals surface area contributed by atoms with Crippen LogP contribution in [0.3, 0.4) is 0 Å². The van der Waals surface area contributed by atoms with E-state index in [9.17, 15) is 9.59 Å². The lowest BCUT2D eigenvalue weighted by molar-refractivity contribution is -0.123. The molecule has 0 saturated carbocycles. The smallest absolute Gasteiger partial charge is 0.410 e. The van der Waals surface area contributed by atoms with Crippen molar-refractivity contribution < 1.29 is 23.5 Å². The third-order valence-electron chi connectivity index (χ3n) is 5.83. The second-order valence-corrected chi connectivity index (χ2v) is 15.1. The fourth-order valence-electron chi connectivity index (χ4n) is 4.38. The van der Waals surface area contributed by atoms with Crippen molar-refractivity contribution in [2.75, 3.05) is 26.3 Å². The van der Waals surface area contributed by atoms with Crippen molar-refractivity contribution in [1.82, 2.24) is 4.90 Å². The van der Waals surface area contributed by atoms with Gasteiger partial charge >= 0.3 is 6.09 Å². The molecule has 34 heavy (non-hydrogen) atoms. The van der Waals surface area contributed by atoms with Gasteiger partial charge in [-0.15, -0.1) is 5.04 Å². The molecule has 185 valence electrons. The number of carbonyl (C=O) groups is 2. The normalized spacial score (nSPS) is 17.9. The Kier molecular flexibility index (Phi) is 8.01. The fourth-order valence-corrected chi connectivity index (χ4v) is 8.97. The van der Waals surface area contributed by atoms with Gasteiger partial charge < -0.3 is 13.9 Å². The van der Waals surface area contributed by atoms with Crippen LogP contribution in [0.5, 0.6) is 0 Å². The van der Waals surface area contributed by atoms with E-state index in [1.165, 1.54) is 15.3 Å². The summed E-state index contributed by atoms with van der Waals surface area (Å²) >= 11 is 0. The van der Waals surface area contributed by atoms with E-state index in [0.29, 0.717) is 0 Å². The Hall–Kier alpha value is -2.48. The molecular weight excluding hydrogens is 446 g/mol. The monoisotopic (exact) mass is 483 g/mol. The number of ether oxygens (including phenoxy) is 2. The van der Waals surface area contributed by atoms with Gasteiger partial charge in [-0.1, -0.05) is 81.4 Å². The zero-order valence-corrected chi connectivity index (χ0v) is 22.2. The second kappa shape index (κ2) is 10.4. The zero-order chi connectivity index (χ0) is 25.0. The minimum atomic E-state index is -2.75. The number of amides is 1. The zero-order valence-electron chi connectivity index (χ0n) is 21.2. The molecule has 0 aromatic heterocycles. The van der Waals surface area contributed by atoms with Gasteiger partial charge in [0.1, 0.15) is 12.2 Å². The lowest BCUT2D eigenvalue weighted by Gasteiger charge is -2.56. The molecule has 7 heteroatoms. The summed E-state index contributed by atoms with van der Waals surface area (Å²) in [4.78, 5) is 26.5. The Balaban J connectivity index is 1.91. The predicted molar refractivity (Wildman–Crippen MR) is 136 cm³/mol. The number of ketones is 1. The SMILES string of the molecule is CC(C)(C)OC(=O)N1CC(=O)CO[C@@H](CO[Si-](c2ccccc2)(c2ccccc2)C(C)(C)C)C1. The molecule has 0 unspecified atom stereocenters. The maximum absolute atomic E-state index is 12.7. The number of benzene rings is 2. The van der Waals surface area contributed by atoms with Gasteiger partial charge in [0.25, 0.3) is 0 Å². The van der Waals surface area contributed by atoms with Crippen LogP contribution < -0.4 is 10.4 Å². The van der Waals surface area contributed by atoms with Crippen LogP contribution in [-0.4, -0.2) is 63.1 Å². The third-order valence-corrected chi connectivity index (χ3v) is 10.8. The van der Waals surface area contributed by atoms with Gasteiger partial charge in [-0.3, -0.25) is 9.69 Å². The van der Waals surface area contributed by atoms with Crippen LogP contribution >= 0.6 is 0 Å². The van der Waals surface area contributed by atoms with Crippen molar-refractivity contribution in [2.45, 2.75) is 58.3 Å². The van der Waals surface area contributed by atoms with Crippen LogP contribution in [-0.2, 0) is 18.7 Å². The fraction of sp³-hybridized carbons (Fsp3) is 0.481. The van der Waals surface area contributed by atoms with Crippen molar-refractivity contribution in [3.8, 4) is 0 Å². The van der Waals surface area contributed by atoms with Crippen LogP contribution in [0.4, 0.5) is 4.79 Å². The summed E-state index contributed by atoms with van der Waals surface area (Å²) in [6.07, 6.45) is -0.956. The highest BCUT2D eigenvalue weighted by molar-refractivity contribution is 6.99. The van der Waals surface area contributed by atoms with Crippen LogP contribution in [0.15, 0.2) is 60.7 Å². The molecule has 0 N–H and O–H groups in total. The number of rotatable bonds is 5. The van der Waals surface area contributed by atoms with E-state index in [4.69, 9.17) is 13.9 Å². The topological polar surface area (TPSA) is 65.1 Å². The van der Waals surface area contributed by atoms with Crippen molar-refractivity contribution in [1.29, 1.82) is 0 Å². The number of hydrogen-bond donors (Lipinski definition) is 0. The Labute approximate surface area is 204 Å². The van der Waals surface area contributed by atoms with Gasteiger partial charge in [-0.05, 0) is 20.8 Å². The van der Waals surface area contributed by atoms with E-state index >= 15 is 0 Å². The molecule has 2 aromatic carbocycles. The standard InChI is InChI=1S/C27H37NO5Si/c1-26(2,3)33-25(30)28-17-21(29)19-31-22(18-28)20-32-34(27(4,5)6,23-13-9-7-10-14-23)24-15-11-8-12-16-24/h7-16,22H,17-20H2,1-6H3/q-1/t22-/m1/s1. The molecule has 6 nitrogen and oxygen atoms in total. The summed E-state index contributed by atoms with van der Waals surface area (Å²) in [6, 6.07) is 20.7. The predicted octanol–water partition coefficient (Wildman–Crippen LogP) is 3.77. The van der Waals surface area contributed by atoms with Crippen LogP contribution in [0.2, 0.25) is 5.04 Å². The average molecular weight is 484 g/mol. The quantitative estimate of drug-likeness (QED) is 0.606. The molecule has 0 bridgehead atoms. The first kappa shape index (κ1) is 26.1. The molecule has 1 aliphatic rings. The van der Waals surface area contributed by atoms with E-state index in [-0.39, 0.29) is 37.1 Å². The Bertz CT molecular complexity index is 927. The minimum absolute atomic E-state index is 0.0232. The van der Waals surface area contributed by atoms with E-state index in [1.807, 2.05) is 57.2 Å². The average Bonchev–Trinajstić information content (AvgIpc) is 2.95. The highest BCUT2D eigenvalue weighted by atomic mass is 28.4. The van der Waals surface area contributed by atoms with Crippen molar-refractivity contribution in [3.63, 3.8) is 0 Å². The number of carbonyl (C=O) groups excluding carboxylic acids is 2. The van der Waals surface area contributed by atoms with Gasteiger partial charge in [0.2, 0.25) is 0 Å². The molecule has 1 atom stereocenters. The van der Waals surface area contributed by atoms with Crippen molar-refractivity contribution >= 4 is 30.6 Å². The summed E-state index contributed by atoms with van der Waals surface area (Å²) in [7, 11) is -2.75. The highest BCUT2D eigenvalue weighted by Crippen LogP contribution is 2.37. The maximum atomic E-state index is 12.7. The lowest BCUT2D eigenvalue weighted by Crippen LogP contribution is -2.67. The largest absolute Gasteiger partial charge is 0.556 e. The second-order valence-electron chi connectivity index (χ2n) is 10.8. The molecule has 0 aliphatic carbocycles. The molecule has 3 rings (SSSR count). The van der Waals surface area contributed by atoms with Crippen LogP contribution in [0, 0.1) is 0 Å². The molecular formula is C27H37NO5Si-. The maximum Gasteiger partial charge on any atom is 0.410 e. The van der Waals surface area contributed by atoms with Crippen molar-refractivity contribution in [2.24, 2.45) is 0 Å². The van der Waals surface area contributed by atoms with E-state index < -0.39 is 26.1 Å². The van der Waals surface area contributed by atoms with Crippen molar-refractivity contribution in [3.05, 3.63) is 60.7 Å². The van der Waals surface area contributed by atoms with E-state index in [2.05, 4.69) is 45.0 Å². The molecule has 2 aromatic rings. The first-order chi connectivity index (χ1) is 15.9. The molecule has 1 heterocycles. The number of nitrogens with zero attached hydrogens (tertiary/aromatic N) is 1. The summed E-state index contributed by atoms with van der Waals surface area (Å²) in [5.74, 6) is -0.154. The minimum Gasteiger partial charge on any atom is -0.556 e. The van der Waals surface area contributed by atoms with Gasteiger partial charge in [0.15, 0.2) is 5.78 Å².